The quantitative estimate of drug-likeness (QED) is 0.824. The summed E-state index contributed by atoms with van der Waals surface area (Å²) in [7, 11) is 0. The van der Waals surface area contributed by atoms with E-state index in [-0.39, 0.29) is 12.5 Å². The molecule has 6 nitrogen and oxygen atoms in total. The number of nitrogens with two attached hydrogens (primary N) is 1. The lowest BCUT2D eigenvalue weighted by atomic mass is 9.85. The maximum Gasteiger partial charge on any atom is 0.236 e. The second-order valence-electron chi connectivity index (χ2n) is 4.79. The number of amides is 1. The van der Waals surface area contributed by atoms with Crippen LogP contribution in [0.25, 0.3) is 0 Å². The van der Waals surface area contributed by atoms with Crippen LogP contribution in [0.5, 0.6) is 11.5 Å². The summed E-state index contributed by atoms with van der Waals surface area (Å²) >= 11 is 0. The molecule has 3 rings (SSSR count). The van der Waals surface area contributed by atoms with E-state index in [0.717, 1.165) is 0 Å². The van der Waals surface area contributed by atoms with Crippen molar-refractivity contribution in [3.8, 4) is 11.5 Å². The van der Waals surface area contributed by atoms with E-state index in [0.29, 0.717) is 43.6 Å². The normalized spacial score (nSPS) is 19.4. The second kappa shape index (κ2) is 4.71. The molecule has 6 heteroatoms. The lowest BCUT2D eigenvalue weighted by Crippen LogP contribution is -2.56. The number of anilines is 1. The third-order valence-electron chi connectivity index (χ3n) is 3.43. The van der Waals surface area contributed by atoms with Gasteiger partial charge in [0.25, 0.3) is 0 Å². The van der Waals surface area contributed by atoms with Gasteiger partial charge in [0.15, 0.2) is 11.5 Å². The molecule has 1 aromatic carbocycles. The van der Waals surface area contributed by atoms with Crippen LogP contribution in [0.2, 0.25) is 0 Å². The van der Waals surface area contributed by atoms with Crippen LogP contribution in [0.15, 0.2) is 18.2 Å². The zero-order chi connectivity index (χ0) is 13.3. The first-order chi connectivity index (χ1) is 9.23. The molecule has 0 unspecified atom stereocenters. The van der Waals surface area contributed by atoms with E-state index in [1.165, 1.54) is 0 Å². The topological polar surface area (TPSA) is 82.8 Å². The van der Waals surface area contributed by atoms with Gasteiger partial charge >= 0.3 is 0 Å². The molecular weight excluding hydrogens is 248 g/mol. The van der Waals surface area contributed by atoms with Gasteiger partial charge < -0.3 is 25.3 Å². The van der Waals surface area contributed by atoms with Gasteiger partial charge in [0.2, 0.25) is 5.91 Å². The van der Waals surface area contributed by atoms with Crippen LogP contribution < -0.4 is 20.5 Å². The van der Waals surface area contributed by atoms with Crippen molar-refractivity contribution < 1.29 is 19.0 Å². The van der Waals surface area contributed by atoms with E-state index in [1.807, 2.05) is 0 Å². The number of carbonyl (C=O) groups excluding carboxylic acids is 1. The SMILES string of the molecule is NCC1(C(=O)Nc2ccc3c(c2)OCCO3)COC1. The smallest absolute Gasteiger partial charge is 0.236 e. The first-order valence-electron chi connectivity index (χ1n) is 6.22. The molecule has 2 heterocycles. The highest BCUT2D eigenvalue weighted by molar-refractivity contribution is 5.96. The predicted octanol–water partition coefficient (Wildman–Crippen LogP) is 0.372. The third-order valence-corrected chi connectivity index (χ3v) is 3.43. The van der Waals surface area contributed by atoms with Crippen molar-refractivity contribution in [2.24, 2.45) is 11.1 Å². The van der Waals surface area contributed by atoms with Gasteiger partial charge in [0.05, 0.1) is 13.2 Å². The summed E-state index contributed by atoms with van der Waals surface area (Å²) in [6, 6.07) is 5.34. The average molecular weight is 264 g/mol. The van der Waals surface area contributed by atoms with E-state index >= 15 is 0 Å². The Labute approximate surface area is 110 Å². The van der Waals surface area contributed by atoms with Gasteiger partial charge in [0.1, 0.15) is 18.6 Å². The number of benzene rings is 1. The van der Waals surface area contributed by atoms with E-state index in [1.54, 1.807) is 18.2 Å². The molecule has 2 aliphatic heterocycles. The Hall–Kier alpha value is -1.79. The Morgan fingerprint density at radius 2 is 2.00 bits per heavy atom. The minimum atomic E-state index is -0.590. The molecule has 2 aliphatic rings. The van der Waals surface area contributed by atoms with Gasteiger partial charge in [0, 0.05) is 18.3 Å². The number of carbonyl (C=O) groups is 1. The van der Waals surface area contributed by atoms with E-state index in [4.69, 9.17) is 19.9 Å². The van der Waals surface area contributed by atoms with Crippen molar-refractivity contribution in [1.29, 1.82) is 0 Å². The van der Waals surface area contributed by atoms with Crippen LogP contribution >= 0.6 is 0 Å². The molecule has 1 saturated heterocycles. The Balaban J connectivity index is 1.74. The van der Waals surface area contributed by atoms with Gasteiger partial charge in [-0.3, -0.25) is 4.79 Å². The van der Waals surface area contributed by atoms with Gasteiger partial charge in [-0.2, -0.15) is 0 Å². The Bertz CT molecular complexity index is 494. The van der Waals surface area contributed by atoms with Gasteiger partial charge in [-0.25, -0.2) is 0 Å². The monoisotopic (exact) mass is 264 g/mol. The van der Waals surface area contributed by atoms with Gasteiger partial charge in [-0.05, 0) is 12.1 Å². The lowest BCUT2D eigenvalue weighted by Gasteiger charge is -2.38. The molecule has 0 bridgehead atoms. The molecule has 0 atom stereocenters. The van der Waals surface area contributed by atoms with Crippen molar-refractivity contribution >= 4 is 11.6 Å². The fourth-order valence-corrected chi connectivity index (χ4v) is 2.07. The van der Waals surface area contributed by atoms with Crippen molar-refractivity contribution in [3.05, 3.63) is 18.2 Å². The molecule has 3 N–H and O–H groups in total. The summed E-state index contributed by atoms with van der Waals surface area (Å²) < 4.78 is 16.0. The zero-order valence-corrected chi connectivity index (χ0v) is 10.5. The summed E-state index contributed by atoms with van der Waals surface area (Å²) in [5.41, 5.74) is 5.73. The molecule has 0 aromatic heterocycles. The average Bonchev–Trinajstić information content (AvgIpc) is 2.38. The largest absolute Gasteiger partial charge is 0.486 e. The summed E-state index contributed by atoms with van der Waals surface area (Å²) in [5.74, 6) is 1.23. The Kier molecular flexibility index (Phi) is 3.04. The fourth-order valence-electron chi connectivity index (χ4n) is 2.07. The van der Waals surface area contributed by atoms with Crippen LogP contribution in [-0.4, -0.2) is 38.9 Å². The predicted molar refractivity (Wildman–Crippen MR) is 68.4 cm³/mol. The van der Waals surface area contributed by atoms with E-state index in [2.05, 4.69) is 5.32 Å². The summed E-state index contributed by atoms with van der Waals surface area (Å²) in [6.45, 7) is 2.10. The Morgan fingerprint density at radius 1 is 1.26 bits per heavy atom. The Morgan fingerprint density at radius 3 is 2.63 bits per heavy atom. The van der Waals surface area contributed by atoms with Crippen LogP contribution in [0.3, 0.4) is 0 Å². The van der Waals surface area contributed by atoms with Gasteiger partial charge in [-0.1, -0.05) is 0 Å². The minimum absolute atomic E-state index is 0.113. The molecule has 0 aliphatic carbocycles. The van der Waals surface area contributed by atoms with E-state index in [9.17, 15) is 4.79 Å². The first-order valence-corrected chi connectivity index (χ1v) is 6.22. The van der Waals surface area contributed by atoms with Crippen molar-refractivity contribution in [2.75, 3.05) is 38.3 Å². The molecule has 1 fully saturated rings. The highest BCUT2D eigenvalue weighted by atomic mass is 16.6. The summed E-state index contributed by atoms with van der Waals surface area (Å²) in [5, 5.41) is 2.85. The number of fused-ring (bicyclic) bond motifs is 1. The highest BCUT2D eigenvalue weighted by Crippen LogP contribution is 2.34. The lowest BCUT2D eigenvalue weighted by molar-refractivity contribution is -0.153. The molecule has 0 saturated carbocycles. The molecule has 0 spiro atoms. The standard InChI is InChI=1S/C13H16N2O4/c14-6-13(7-17-8-13)12(16)15-9-1-2-10-11(5-9)19-4-3-18-10/h1-2,5H,3-4,6-8,14H2,(H,15,16). The summed E-state index contributed by atoms with van der Waals surface area (Å²) in [4.78, 5) is 12.2. The van der Waals surface area contributed by atoms with Crippen molar-refractivity contribution in [2.45, 2.75) is 0 Å². The van der Waals surface area contributed by atoms with Crippen molar-refractivity contribution in [3.63, 3.8) is 0 Å². The second-order valence-corrected chi connectivity index (χ2v) is 4.79. The van der Waals surface area contributed by atoms with Crippen molar-refractivity contribution in [1.82, 2.24) is 0 Å². The summed E-state index contributed by atoms with van der Waals surface area (Å²) in [6.07, 6.45) is 0. The number of hydrogen-bond acceptors (Lipinski definition) is 5. The number of hydrogen-bond donors (Lipinski definition) is 2. The number of ether oxygens (including phenoxy) is 3. The van der Waals surface area contributed by atoms with Crippen LogP contribution in [0, 0.1) is 5.41 Å². The van der Waals surface area contributed by atoms with E-state index < -0.39 is 5.41 Å². The zero-order valence-electron chi connectivity index (χ0n) is 10.5. The first kappa shape index (κ1) is 12.3. The fraction of sp³-hybridized carbons (Fsp3) is 0.462. The molecule has 1 aromatic rings. The van der Waals surface area contributed by atoms with Crippen LogP contribution in [0.1, 0.15) is 0 Å². The van der Waals surface area contributed by atoms with Gasteiger partial charge in [-0.15, -0.1) is 0 Å². The minimum Gasteiger partial charge on any atom is -0.486 e. The highest BCUT2D eigenvalue weighted by Gasteiger charge is 2.44. The maximum absolute atomic E-state index is 12.2. The number of rotatable bonds is 3. The molecule has 0 radical (unpaired) electrons. The van der Waals surface area contributed by atoms with Crippen LogP contribution in [-0.2, 0) is 9.53 Å². The third kappa shape index (κ3) is 2.13. The molecular formula is C13H16N2O4. The molecule has 102 valence electrons. The molecule has 1 amide bonds. The molecule has 19 heavy (non-hydrogen) atoms. The maximum atomic E-state index is 12.2. The number of nitrogens with one attached hydrogen (secondary N) is 1. The van der Waals surface area contributed by atoms with Crippen LogP contribution in [0.4, 0.5) is 5.69 Å².